The zero-order valence-electron chi connectivity index (χ0n) is 12.1. The van der Waals surface area contributed by atoms with Crippen LogP contribution in [0.2, 0.25) is 0 Å². The number of hydrogen-bond donors (Lipinski definition) is 2. The number of carbonyl (C=O) groups is 2. The van der Waals surface area contributed by atoms with E-state index in [1.54, 1.807) is 12.1 Å². The highest BCUT2D eigenvalue weighted by Gasteiger charge is 2.22. The van der Waals surface area contributed by atoms with Crippen LogP contribution in [-0.2, 0) is 11.3 Å². The third kappa shape index (κ3) is 4.56. The molecule has 1 heterocycles. The normalized spacial score (nSPS) is 19.3. The highest BCUT2D eigenvalue weighted by Crippen LogP contribution is 2.23. The SMILES string of the molecule is NC(=O)c1ccc(CN2CCCCC2CCC(=O)O)cc1. The summed E-state index contributed by atoms with van der Waals surface area (Å²) in [6.45, 7) is 1.80. The lowest BCUT2D eigenvalue weighted by molar-refractivity contribution is -0.137. The van der Waals surface area contributed by atoms with Crippen molar-refractivity contribution >= 4 is 11.9 Å². The molecule has 1 atom stereocenters. The molecule has 0 aromatic heterocycles. The van der Waals surface area contributed by atoms with Crippen LogP contribution < -0.4 is 5.73 Å². The van der Waals surface area contributed by atoms with E-state index in [4.69, 9.17) is 10.8 Å². The van der Waals surface area contributed by atoms with E-state index in [2.05, 4.69) is 4.90 Å². The summed E-state index contributed by atoms with van der Waals surface area (Å²) in [7, 11) is 0. The molecule has 1 unspecified atom stereocenters. The number of benzene rings is 1. The minimum absolute atomic E-state index is 0.224. The molecule has 1 aliphatic rings. The summed E-state index contributed by atoms with van der Waals surface area (Å²) in [5, 5.41) is 8.84. The summed E-state index contributed by atoms with van der Waals surface area (Å²) in [5.74, 6) is -1.15. The number of carboxylic acids is 1. The average molecular weight is 290 g/mol. The number of amides is 1. The number of aliphatic carboxylic acids is 1. The lowest BCUT2D eigenvalue weighted by Gasteiger charge is -2.35. The molecule has 2 rings (SSSR count). The van der Waals surface area contributed by atoms with Gasteiger partial charge >= 0.3 is 5.97 Å². The van der Waals surface area contributed by atoms with E-state index in [0.717, 1.165) is 31.5 Å². The quantitative estimate of drug-likeness (QED) is 0.839. The van der Waals surface area contributed by atoms with Gasteiger partial charge in [0.15, 0.2) is 0 Å². The van der Waals surface area contributed by atoms with Gasteiger partial charge < -0.3 is 10.8 Å². The van der Waals surface area contributed by atoms with Crippen LogP contribution in [0, 0.1) is 0 Å². The number of hydrogen-bond acceptors (Lipinski definition) is 3. The Hall–Kier alpha value is -1.88. The highest BCUT2D eigenvalue weighted by atomic mass is 16.4. The first kappa shape index (κ1) is 15.5. The summed E-state index contributed by atoms with van der Waals surface area (Å²) >= 11 is 0. The number of primary amides is 1. The first-order valence-electron chi connectivity index (χ1n) is 7.41. The summed E-state index contributed by atoms with van der Waals surface area (Å²) in [4.78, 5) is 24.2. The largest absolute Gasteiger partial charge is 0.481 e. The first-order valence-corrected chi connectivity index (χ1v) is 7.41. The molecule has 1 aliphatic heterocycles. The van der Waals surface area contributed by atoms with Gasteiger partial charge in [-0.2, -0.15) is 0 Å². The van der Waals surface area contributed by atoms with Crippen molar-refractivity contribution in [3.63, 3.8) is 0 Å². The second kappa shape index (κ2) is 7.22. The summed E-state index contributed by atoms with van der Waals surface area (Å²) < 4.78 is 0. The van der Waals surface area contributed by atoms with Crippen molar-refractivity contribution in [3.05, 3.63) is 35.4 Å². The van der Waals surface area contributed by atoms with Crippen LogP contribution in [-0.4, -0.2) is 34.5 Å². The monoisotopic (exact) mass is 290 g/mol. The van der Waals surface area contributed by atoms with Gasteiger partial charge in [-0.05, 0) is 43.5 Å². The van der Waals surface area contributed by atoms with E-state index >= 15 is 0 Å². The Morgan fingerprint density at radius 2 is 1.95 bits per heavy atom. The second-order valence-electron chi connectivity index (χ2n) is 5.61. The Morgan fingerprint density at radius 1 is 1.24 bits per heavy atom. The molecule has 114 valence electrons. The summed E-state index contributed by atoms with van der Waals surface area (Å²) in [6, 6.07) is 7.67. The van der Waals surface area contributed by atoms with E-state index in [1.165, 1.54) is 6.42 Å². The van der Waals surface area contributed by atoms with Crippen LogP contribution in [0.25, 0.3) is 0 Å². The summed E-state index contributed by atoms with van der Waals surface area (Å²) in [5.41, 5.74) is 6.87. The van der Waals surface area contributed by atoms with Gasteiger partial charge in [0.25, 0.3) is 0 Å². The second-order valence-corrected chi connectivity index (χ2v) is 5.61. The molecular formula is C16H22N2O3. The Labute approximate surface area is 124 Å². The van der Waals surface area contributed by atoms with E-state index in [0.29, 0.717) is 18.0 Å². The van der Waals surface area contributed by atoms with Crippen LogP contribution in [0.3, 0.4) is 0 Å². The van der Waals surface area contributed by atoms with Crippen molar-refractivity contribution in [2.75, 3.05) is 6.54 Å². The van der Waals surface area contributed by atoms with Crippen molar-refractivity contribution < 1.29 is 14.7 Å². The molecule has 1 amide bonds. The Kier molecular flexibility index (Phi) is 5.33. The lowest BCUT2D eigenvalue weighted by Crippen LogP contribution is -2.39. The average Bonchev–Trinajstić information content (AvgIpc) is 2.47. The molecule has 0 spiro atoms. The molecule has 0 aliphatic carbocycles. The van der Waals surface area contributed by atoms with Gasteiger partial charge in [0.2, 0.25) is 5.91 Å². The van der Waals surface area contributed by atoms with Gasteiger partial charge in [0.1, 0.15) is 0 Å². The number of piperidine rings is 1. The van der Waals surface area contributed by atoms with Crippen molar-refractivity contribution in [1.82, 2.24) is 4.90 Å². The number of likely N-dealkylation sites (tertiary alicyclic amines) is 1. The van der Waals surface area contributed by atoms with Gasteiger partial charge in [-0.3, -0.25) is 14.5 Å². The molecular weight excluding hydrogens is 268 g/mol. The maximum Gasteiger partial charge on any atom is 0.303 e. The maximum absolute atomic E-state index is 11.1. The zero-order chi connectivity index (χ0) is 15.2. The maximum atomic E-state index is 11.1. The molecule has 3 N–H and O–H groups in total. The molecule has 0 radical (unpaired) electrons. The Bertz CT molecular complexity index is 499. The number of nitrogens with zero attached hydrogens (tertiary/aromatic N) is 1. The smallest absolute Gasteiger partial charge is 0.303 e. The van der Waals surface area contributed by atoms with Gasteiger partial charge in [-0.25, -0.2) is 0 Å². The van der Waals surface area contributed by atoms with Gasteiger partial charge in [0, 0.05) is 24.6 Å². The highest BCUT2D eigenvalue weighted by molar-refractivity contribution is 5.92. The number of carboxylic acid groups (broad SMARTS) is 1. The van der Waals surface area contributed by atoms with Gasteiger partial charge in [0.05, 0.1) is 0 Å². The topological polar surface area (TPSA) is 83.6 Å². The molecule has 5 heteroatoms. The summed E-state index contributed by atoms with van der Waals surface area (Å²) in [6.07, 6.45) is 4.31. The van der Waals surface area contributed by atoms with Crippen LogP contribution in [0.15, 0.2) is 24.3 Å². The van der Waals surface area contributed by atoms with Crippen LogP contribution in [0.5, 0.6) is 0 Å². The van der Waals surface area contributed by atoms with E-state index in [1.807, 2.05) is 12.1 Å². The fourth-order valence-electron chi connectivity index (χ4n) is 2.89. The third-order valence-electron chi connectivity index (χ3n) is 4.06. The van der Waals surface area contributed by atoms with E-state index < -0.39 is 11.9 Å². The minimum Gasteiger partial charge on any atom is -0.481 e. The lowest BCUT2D eigenvalue weighted by atomic mass is 9.97. The van der Waals surface area contributed by atoms with E-state index in [-0.39, 0.29) is 6.42 Å². The predicted octanol–water partition coefficient (Wildman–Crippen LogP) is 2.00. The molecule has 1 saturated heterocycles. The van der Waals surface area contributed by atoms with Gasteiger partial charge in [-0.15, -0.1) is 0 Å². The van der Waals surface area contributed by atoms with Crippen LogP contribution in [0.1, 0.15) is 48.0 Å². The molecule has 0 saturated carbocycles. The zero-order valence-corrected chi connectivity index (χ0v) is 12.1. The van der Waals surface area contributed by atoms with Crippen molar-refractivity contribution in [2.24, 2.45) is 5.73 Å². The molecule has 5 nitrogen and oxygen atoms in total. The fourth-order valence-corrected chi connectivity index (χ4v) is 2.89. The molecule has 1 aromatic carbocycles. The number of rotatable bonds is 6. The van der Waals surface area contributed by atoms with Crippen molar-refractivity contribution in [3.8, 4) is 0 Å². The van der Waals surface area contributed by atoms with Crippen LogP contribution >= 0.6 is 0 Å². The molecule has 0 bridgehead atoms. The predicted molar refractivity (Wildman–Crippen MR) is 79.9 cm³/mol. The Morgan fingerprint density at radius 3 is 2.57 bits per heavy atom. The van der Waals surface area contributed by atoms with Crippen molar-refractivity contribution in [1.29, 1.82) is 0 Å². The van der Waals surface area contributed by atoms with Crippen molar-refractivity contribution in [2.45, 2.75) is 44.7 Å². The number of nitrogens with two attached hydrogens (primary N) is 1. The van der Waals surface area contributed by atoms with Crippen LogP contribution in [0.4, 0.5) is 0 Å². The molecule has 1 fully saturated rings. The standard InChI is InChI=1S/C16H22N2O3/c17-16(21)13-6-4-12(5-7-13)11-18-10-2-1-3-14(18)8-9-15(19)20/h4-7,14H,1-3,8-11H2,(H2,17,21)(H,19,20). The number of carbonyl (C=O) groups excluding carboxylic acids is 1. The first-order chi connectivity index (χ1) is 10.1. The fraction of sp³-hybridized carbons (Fsp3) is 0.500. The van der Waals surface area contributed by atoms with E-state index in [9.17, 15) is 9.59 Å². The Balaban J connectivity index is 1.97. The minimum atomic E-state index is -0.730. The van der Waals surface area contributed by atoms with Gasteiger partial charge in [-0.1, -0.05) is 18.6 Å². The third-order valence-corrected chi connectivity index (χ3v) is 4.06. The molecule has 21 heavy (non-hydrogen) atoms. The molecule has 1 aromatic rings.